The van der Waals surface area contributed by atoms with Crippen LogP contribution in [0, 0.1) is 17.0 Å². The van der Waals surface area contributed by atoms with Crippen molar-refractivity contribution in [3.63, 3.8) is 0 Å². The van der Waals surface area contributed by atoms with Crippen LogP contribution in [-0.2, 0) is 9.59 Å². The summed E-state index contributed by atoms with van der Waals surface area (Å²) in [5.41, 5.74) is 3.02. The highest BCUT2D eigenvalue weighted by molar-refractivity contribution is 8.00. The number of benzene rings is 5. The van der Waals surface area contributed by atoms with Crippen LogP contribution in [0.4, 0.5) is 17.1 Å². The standard InChI is InChI=1S/C39H34N4O6S/c1-3-49-35-20-11-10-17-29(35)23-34(42-37(44)28-15-8-5-9-16-28)38(45)40-30-18-12-19-32(24-30)50-36(27-13-6-4-7-14-27)39(46)41-33-25-31(43(47)48)22-21-26(33)2/h4-25,36H,3H2,1-2H3,(H,40,45)(H,41,46)(H,42,44)/b34-23+. The van der Waals surface area contributed by atoms with Gasteiger partial charge in [0.15, 0.2) is 0 Å². The van der Waals surface area contributed by atoms with Gasteiger partial charge in [0, 0.05) is 33.8 Å². The van der Waals surface area contributed by atoms with Gasteiger partial charge >= 0.3 is 0 Å². The van der Waals surface area contributed by atoms with Crippen molar-refractivity contribution in [1.29, 1.82) is 0 Å². The summed E-state index contributed by atoms with van der Waals surface area (Å²) in [7, 11) is 0. The SMILES string of the molecule is CCOc1ccccc1/C=C(/NC(=O)c1ccccc1)C(=O)Nc1cccc(SC(C(=O)Nc2cc([N+](=O)[O-])ccc2C)c2ccccc2)c1. The van der Waals surface area contributed by atoms with Gasteiger partial charge in [-0.15, -0.1) is 11.8 Å². The summed E-state index contributed by atoms with van der Waals surface area (Å²) in [5, 5.41) is 19.1. The number of nitrogens with zero attached hydrogens (tertiary/aromatic N) is 1. The number of nitro groups is 1. The molecule has 5 aromatic carbocycles. The first-order chi connectivity index (χ1) is 24.2. The van der Waals surface area contributed by atoms with Gasteiger partial charge in [-0.25, -0.2) is 0 Å². The molecule has 0 fully saturated rings. The van der Waals surface area contributed by atoms with E-state index in [1.54, 1.807) is 79.7 Å². The molecule has 0 radical (unpaired) electrons. The highest BCUT2D eigenvalue weighted by Gasteiger charge is 2.24. The molecule has 5 rings (SSSR count). The number of carbonyl (C=O) groups is 3. The molecule has 3 amide bonds. The molecular weight excluding hydrogens is 653 g/mol. The van der Waals surface area contributed by atoms with Crippen LogP contribution in [0.3, 0.4) is 0 Å². The Kier molecular flexibility index (Phi) is 11.8. The second-order valence-corrected chi connectivity index (χ2v) is 12.2. The smallest absolute Gasteiger partial charge is 0.272 e. The third-order valence-corrected chi connectivity index (χ3v) is 8.67. The molecule has 5 aromatic rings. The number of anilines is 2. The minimum atomic E-state index is -0.739. The molecule has 0 aliphatic heterocycles. The maximum atomic E-state index is 13.8. The second-order valence-electron chi connectivity index (χ2n) is 11.0. The molecule has 252 valence electrons. The van der Waals surface area contributed by atoms with Crippen molar-refractivity contribution in [2.75, 3.05) is 17.2 Å². The van der Waals surface area contributed by atoms with E-state index in [2.05, 4.69) is 16.0 Å². The van der Waals surface area contributed by atoms with Crippen molar-refractivity contribution < 1.29 is 24.0 Å². The van der Waals surface area contributed by atoms with Gasteiger partial charge in [0.1, 0.15) is 16.7 Å². The zero-order chi connectivity index (χ0) is 35.5. The topological polar surface area (TPSA) is 140 Å². The zero-order valence-corrected chi connectivity index (χ0v) is 28.1. The molecule has 10 nitrogen and oxygen atoms in total. The number of thioether (sulfide) groups is 1. The first kappa shape index (κ1) is 35.1. The van der Waals surface area contributed by atoms with E-state index in [0.29, 0.717) is 50.9 Å². The van der Waals surface area contributed by atoms with Gasteiger partial charge < -0.3 is 20.7 Å². The number of nitro benzene ring substituents is 1. The second kappa shape index (κ2) is 16.8. The molecule has 50 heavy (non-hydrogen) atoms. The fraction of sp³-hybridized carbons (Fsp3) is 0.103. The maximum Gasteiger partial charge on any atom is 0.272 e. The van der Waals surface area contributed by atoms with E-state index in [1.165, 1.54) is 23.9 Å². The summed E-state index contributed by atoms with van der Waals surface area (Å²) < 4.78 is 5.74. The van der Waals surface area contributed by atoms with E-state index in [9.17, 15) is 24.5 Å². The van der Waals surface area contributed by atoms with E-state index >= 15 is 0 Å². The van der Waals surface area contributed by atoms with Gasteiger partial charge in [-0.3, -0.25) is 24.5 Å². The third kappa shape index (κ3) is 9.24. The normalized spacial score (nSPS) is 11.6. The summed E-state index contributed by atoms with van der Waals surface area (Å²) in [5.74, 6) is -0.846. The molecule has 0 heterocycles. The number of non-ortho nitro benzene ring substituents is 1. The lowest BCUT2D eigenvalue weighted by Gasteiger charge is -2.18. The van der Waals surface area contributed by atoms with Crippen LogP contribution in [0.1, 0.15) is 39.2 Å². The number of ether oxygens (including phenoxy) is 1. The lowest BCUT2D eigenvalue weighted by molar-refractivity contribution is -0.384. The van der Waals surface area contributed by atoms with Crippen LogP contribution >= 0.6 is 11.8 Å². The minimum Gasteiger partial charge on any atom is -0.493 e. The Morgan fingerprint density at radius 3 is 2.26 bits per heavy atom. The lowest BCUT2D eigenvalue weighted by atomic mass is 10.1. The van der Waals surface area contributed by atoms with E-state index in [0.717, 1.165) is 0 Å². The Morgan fingerprint density at radius 2 is 1.54 bits per heavy atom. The number of para-hydroxylation sites is 1. The summed E-state index contributed by atoms with van der Waals surface area (Å²) in [6, 6.07) is 36.2. The molecule has 0 aliphatic rings. The summed E-state index contributed by atoms with van der Waals surface area (Å²) >= 11 is 1.26. The number of aryl methyl sites for hydroxylation is 1. The molecule has 0 aromatic heterocycles. The van der Waals surface area contributed by atoms with Crippen LogP contribution in [0.25, 0.3) is 6.08 Å². The van der Waals surface area contributed by atoms with E-state index in [-0.39, 0.29) is 17.3 Å². The largest absolute Gasteiger partial charge is 0.493 e. The highest BCUT2D eigenvalue weighted by Crippen LogP contribution is 2.38. The van der Waals surface area contributed by atoms with Crippen molar-refractivity contribution in [3.05, 3.63) is 165 Å². The Bertz CT molecular complexity index is 2040. The van der Waals surface area contributed by atoms with Gasteiger partial charge in [0.2, 0.25) is 5.91 Å². The highest BCUT2D eigenvalue weighted by atomic mass is 32.2. The fourth-order valence-electron chi connectivity index (χ4n) is 4.92. The number of hydrogen-bond donors (Lipinski definition) is 3. The molecular formula is C39H34N4O6S. The van der Waals surface area contributed by atoms with Crippen LogP contribution in [-0.4, -0.2) is 29.3 Å². The van der Waals surface area contributed by atoms with Crippen molar-refractivity contribution in [3.8, 4) is 5.75 Å². The fourth-order valence-corrected chi connectivity index (χ4v) is 6.01. The Morgan fingerprint density at radius 1 is 0.840 bits per heavy atom. The van der Waals surface area contributed by atoms with Crippen LogP contribution in [0.2, 0.25) is 0 Å². The van der Waals surface area contributed by atoms with Crippen molar-refractivity contribution >= 4 is 52.6 Å². The Labute approximate surface area is 293 Å². The maximum absolute atomic E-state index is 13.8. The van der Waals surface area contributed by atoms with Gasteiger partial charge in [0.25, 0.3) is 17.5 Å². The van der Waals surface area contributed by atoms with Crippen LogP contribution < -0.4 is 20.7 Å². The summed E-state index contributed by atoms with van der Waals surface area (Å²) in [4.78, 5) is 52.2. The quantitative estimate of drug-likeness (QED) is 0.0491. The van der Waals surface area contributed by atoms with Gasteiger partial charge in [-0.05, 0) is 67.4 Å². The molecule has 1 atom stereocenters. The van der Waals surface area contributed by atoms with Gasteiger partial charge in [-0.1, -0.05) is 78.9 Å². The third-order valence-electron chi connectivity index (χ3n) is 7.42. The minimum absolute atomic E-state index is 0.00192. The van der Waals surface area contributed by atoms with Crippen molar-refractivity contribution in [2.45, 2.75) is 24.0 Å². The molecule has 0 saturated carbocycles. The average Bonchev–Trinajstić information content (AvgIpc) is 3.12. The predicted molar refractivity (Wildman–Crippen MR) is 196 cm³/mol. The lowest BCUT2D eigenvalue weighted by Crippen LogP contribution is -2.30. The van der Waals surface area contributed by atoms with Gasteiger partial charge in [-0.2, -0.15) is 0 Å². The monoisotopic (exact) mass is 686 g/mol. The first-order valence-electron chi connectivity index (χ1n) is 15.7. The molecule has 3 N–H and O–H groups in total. The molecule has 0 aliphatic carbocycles. The van der Waals surface area contributed by atoms with Crippen molar-refractivity contribution in [1.82, 2.24) is 5.32 Å². The molecule has 11 heteroatoms. The summed E-state index contributed by atoms with van der Waals surface area (Å²) in [6.45, 7) is 4.04. The number of amides is 3. The Balaban J connectivity index is 1.41. The van der Waals surface area contributed by atoms with Crippen LogP contribution in [0.5, 0.6) is 5.75 Å². The number of carbonyl (C=O) groups excluding carboxylic acids is 3. The Hall–Kier alpha value is -6.20. The number of hydrogen-bond acceptors (Lipinski definition) is 7. The predicted octanol–water partition coefficient (Wildman–Crippen LogP) is 8.18. The molecule has 1 unspecified atom stereocenters. The summed E-state index contributed by atoms with van der Waals surface area (Å²) in [6.07, 6.45) is 1.56. The molecule has 0 bridgehead atoms. The molecule has 0 spiro atoms. The first-order valence-corrected chi connectivity index (χ1v) is 16.6. The van der Waals surface area contributed by atoms with E-state index < -0.39 is 22.0 Å². The van der Waals surface area contributed by atoms with E-state index in [1.807, 2.05) is 55.5 Å². The van der Waals surface area contributed by atoms with Crippen LogP contribution in [0.15, 0.2) is 138 Å². The number of rotatable bonds is 13. The average molecular weight is 687 g/mol. The van der Waals surface area contributed by atoms with Gasteiger partial charge in [0.05, 0.1) is 17.2 Å². The zero-order valence-electron chi connectivity index (χ0n) is 27.3. The molecule has 0 saturated heterocycles. The van der Waals surface area contributed by atoms with Crippen molar-refractivity contribution in [2.24, 2.45) is 0 Å². The number of nitrogens with one attached hydrogen (secondary N) is 3. The van der Waals surface area contributed by atoms with E-state index in [4.69, 9.17) is 4.74 Å².